The molecule has 5 rings (SSSR count). The molecule has 2 aromatic carbocycles. The van der Waals surface area contributed by atoms with E-state index < -0.39 is 0 Å². The Balaban J connectivity index is 1.38. The number of amides is 1. The Labute approximate surface area is 217 Å². The van der Waals surface area contributed by atoms with Gasteiger partial charge in [-0.15, -0.1) is 10.2 Å². The molecular weight excluding hydrogens is 494 g/mol. The lowest BCUT2D eigenvalue weighted by atomic mass is 10.2. The average molecular weight is 518 g/mol. The molecule has 0 spiro atoms. The molecule has 0 radical (unpaired) electrons. The highest BCUT2D eigenvalue weighted by atomic mass is 35.5. The number of anilines is 1. The van der Waals surface area contributed by atoms with E-state index in [4.69, 9.17) is 21.1 Å². The van der Waals surface area contributed by atoms with Gasteiger partial charge in [-0.25, -0.2) is 9.67 Å². The van der Waals surface area contributed by atoms with Crippen LogP contribution in [-0.4, -0.2) is 49.7 Å². The van der Waals surface area contributed by atoms with E-state index in [0.717, 1.165) is 11.3 Å². The molecule has 1 N–H and O–H groups in total. The van der Waals surface area contributed by atoms with Gasteiger partial charge in [-0.1, -0.05) is 23.7 Å². The maximum atomic E-state index is 12.9. The molecule has 0 fully saturated rings. The molecule has 37 heavy (non-hydrogen) atoms. The van der Waals surface area contributed by atoms with Crippen molar-refractivity contribution in [1.82, 2.24) is 29.5 Å². The number of aromatic nitrogens is 6. The van der Waals surface area contributed by atoms with Crippen molar-refractivity contribution in [2.24, 2.45) is 0 Å². The summed E-state index contributed by atoms with van der Waals surface area (Å²) < 4.78 is 14.1. The normalized spacial score (nSPS) is 11.0. The van der Waals surface area contributed by atoms with Crippen LogP contribution in [0.1, 0.15) is 27.4 Å². The summed E-state index contributed by atoms with van der Waals surface area (Å²) in [6.07, 6.45) is 3.14. The van der Waals surface area contributed by atoms with E-state index in [1.165, 1.54) is 6.20 Å². The third kappa shape index (κ3) is 4.96. The van der Waals surface area contributed by atoms with Gasteiger partial charge in [0.25, 0.3) is 5.91 Å². The molecule has 0 aliphatic rings. The predicted octanol–water partition coefficient (Wildman–Crippen LogP) is 4.35. The lowest BCUT2D eigenvalue weighted by molar-refractivity contribution is 0.102. The second-order valence-corrected chi connectivity index (χ2v) is 8.71. The number of carbonyl (C=O) groups is 1. The largest absolute Gasteiger partial charge is 0.497 e. The fraction of sp³-hybridized carbons (Fsp3) is 0.192. The van der Waals surface area contributed by atoms with Crippen molar-refractivity contribution in [2.75, 3.05) is 19.5 Å². The smallest absolute Gasteiger partial charge is 0.258 e. The Bertz CT molecular complexity index is 1560. The number of rotatable bonds is 8. The molecule has 0 atom stereocenters. The van der Waals surface area contributed by atoms with Crippen LogP contribution in [0, 0.1) is 6.92 Å². The molecule has 188 valence electrons. The first-order chi connectivity index (χ1) is 18.0. The van der Waals surface area contributed by atoms with Crippen LogP contribution < -0.4 is 14.8 Å². The number of nitrogens with zero attached hydrogens (tertiary/aromatic N) is 6. The number of nitrogens with one attached hydrogen (secondary N) is 1. The van der Waals surface area contributed by atoms with Crippen molar-refractivity contribution in [3.05, 3.63) is 88.7 Å². The van der Waals surface area contributed by atoms with Crippen LogP contribution >= 0.6 is 11.6 Å². The summed E-state index contributed by atoms with van der Waals surface area (Å²) in [6, 6.07) is 14.9. The minimum Gasteiger partial charge on any atom is -0.497 e. The van der Waals surface area contributed by atoms with Gasteiger partial charge in [0, 0.05) is 11.9 Å². The fourth-order valence-corrected chi connectivity index (χ4v) is 4.37. The molecule has 0 aliphatic carbocycles. The van der Waals surface area contributed by atoms with Crippen LogP contribution in [0.3, 0.4) is 0 Å². The van der Waals surface area contributed by atoms with E-state index in [1.807, 2.05) is 35.8 Å². The van der Waals surface area contributed by atoms with E-state index in [-0.39, 0.29) is 11.5 Å². The maximum absolute atomic E-state index is 12.9. The molecule has 10 nitrogen and oxygen atoms in total. The molecule has 1 amide bonds. The van der Waals surface area contributed by atoms with Gasteiger partial charge < -0.3 is 19.4 Å². The third-order valence-electron chi connectivity index (χ3n) is 5.96. The number of aryl methyl sites for hydroxylation is 1. The van der Waals surface area contributed by atoms with Crippen LogP contribution in [0.2, 0.25) is 5.02 Å². The van der Waals surface area contributed by atoms with E-state index in [0.29, 0.717) is 52.1 Å². The molecule has 3 aromatic heterocycles. The first-order valence-corrected chi connectivity index (χ1v) is 11.8. The average Bonchev–Trinajstić information content (AvgIpc) is 3.48. The van der Waals surface area contributed by atoms with Gasteiger partial charge in [0.2, 0.25) is 0 Å². The van der Waals surface area contributed by atoms with Crippen LogP contribution in [-0.2, 0) is 13.1 Å². The zero-order valence-electron chi connectivity index (χ0n) is 20.5. The second kappa shape index (κ2) is 10.3. The number of hydrogen-bond donors (Lipinski definition) is 1. The van der Waals surface area contributed by atoms with Crippen LogP contribution in [0.4, 0.5) is 5.69 Å². The minimum absolute atomic E-state index is 0.260. The Morgan fingerprint density at radius 3 is 2.35 bits per heavy atom. The SMILES string of the molecule is COc1ccc(Cn2cnnc2Cn2nc(C)c3c(Cl)c(C(=O)Nc4ccc(OC)cc4)cnc32)cc1. The fourth-order valence-electron chi connectivity index (χ4n) is 4.01. The van der Waals surface area contributed by atoms with Crippen molar-refractivity contribution in [3.63, 3.8) is 0 Å². The molecule has 5 aromatic rings. The van der Waals surface area contributed by atoms with Gasteiger partial charge in [0.15, 0.2) is 11.5 Å². The van der Waals surface area contributed by atoms with Crippen molar-refractivity contribution in [3.8, 4) is 11.5 Å². The number of fused-ring (bicyclic) bond motifs is 1. The Kier molecular flexibility index (Phi) is 6.74. The number of methoxy groups -OCH3 is 2. The summed E-state index contributed by atoms with van der Waals surface area (Å²) in [7, 11) is 3.22. The van der Waals surface area contributed by atoms with Crippen molar-refractivity contribution in [2.45, 2.75) is 20.0 Å². The van der Waals surface area contributed by atoms with Gasteiger partial charge in [0.05, 0.1) is 42.4 Å². The highest BCUT2D eigenvalue weighted by Gasteiger charge is 2.20. The van der Waals surface area contributed by atoms with E-state index >= 15 is 0 Å². The molecule has 0 bridgehead atoms. The third-order valence-corrected chi connectivity index (χ3v) is 6.36. The Hall–Kier alpha value is -4.44. The number of pyridine rings is 1. The summed E-state index contributed by atoms with van der Waals surface area (Å²) in [5, 5.41) is 16.7. The summed E-state index contributed by atoms with van der Waals surface area (Å²) >= 11 is 6.70. The number of halogens is 1. The highest BCUT2D eigenvalue weighted by molar-refractivity contribution is 6.39. The Morgan fingerprint density at radius 2 is 1.68 bits per heavy atom. The summed E-state index contributed by atoms with van der Waals surface area (Å²) in [6.45, 7) is 2.76. The van der Waals surface area contributed by atoms with Gasteiger partial charge in [-0.3, -0.25) is 4.79 Å². The standard InChI is InChI=1S/C26H24ClN7O3/c1-16-23-24(27)21(26(35)30-18-6-10-20(37-3)11-7-18)12-28-25(23)34(32-16)14-22-31-29-15-33(22)13-17-4-8-19(36-2)9-5-17/h4-12,15H,13-14H2,1-3H3,(H,30,35). The quantitative estimate of drug-likeness (QED) is 0.326. The number of ether oxygens (including phenoxy) is 2. The maximum Gasteiger partial charge on any atom is 0.258 e. The van der Waals surface area contributed by atoms with E-state index in [9.17, 15) is 4.79 Å². The lowest BCUT2D eigenvalue weighted by Crippen LogP contribution is -2.13. The molecule has 0 saturated heterocycles. The summed E-state index contributed by atoms with van der Waals surface area (Å²) in [4.78, 5) is 17.5. The molecule has 0 unspecified atom stereocenters. The van der Waals surface area contributed by atoms with Crippen LogP contribution in [0.5, 0.6) is 11.5 Å². The second-order valence-electron chi connectivity index (χ2n) is 8.33. The molecule has 0 saturated carbocycles. The highest BCUT2D eigenvalue weighted by Crippen LogP contribution is 2.29. The first kappa shape index (κ1) is 24.3. The Morgan fingerprint density at radius 1 is 1.00 bits per heavy atom. The van der Waals surface area contributed by atoms with E-state index in [1.54, 1.807) is 49.5 Å². The van der Waals surface area contributed by atoms with E-state index in [2.05, 4.69) is 25.6 Å². The topological polar surface area (TPSA) is 109 Å². The molecule has 0 aliphatic heterocycles. The number of hydrogen-bond acceptors (Lipinski definition) is 7. The van der Waals surface area contributed by atoms with Crippen molar-refractivity contribution in [1.29, 1.82) is 0 Å². The van der Waals surface area contributed by atoms with Gasteiger partial charge in [-0.2, -0.15) is 5.10 Å². The molecule has 11 heteroatoms. The number of carbonyl (C=O) groups excluding carboxylic acids is 1. The van der Waals surface area contributed by atoms with Gasteiger partial charge in [-0.05, 0) is 48.9 Å². The zero-order valence-corrected chi connectivity index (χ0v) is 21.2. The zero-order chi connectivity index (χ0) is 25.9. The lowest BCUT2D eigenvalue weighted by Gasteiger charge is -2.09. The van der Waals surface area contributed by atoms with Crippen LogP contribution in [0.25, 0.3) is 11.0 Å². The monoisotopic (exact) mass is 517 g/mol. The van der Waals surface area contributed by atoms with Gasteiger partial charge >= 0.3 is 0 Å². The summed E-state index contributed by atoms with van der Waals surface area (Å²) in [5.74, 6) is 1.84. The minimum atomic E-state index is -0.365. The summed E-state index contributed by atoms with van der Waals surface area (Å²) in [5.41, 5.74) is 3.17. The number of benzene rings is 2. The molecule has 3 heterocycles. The van der Waals surface area contributed by atoms with Crippen molar-refractivity contribution < 1.29 is 14.3 Å². The molecular formula is C26H24ClN7O3. The van der Waals surface area contributed by atoms with Crippen LogP contribution in [0.15, 0.2) is 61.1 Å². The van der Waals surface area contributed by atoms with Crippen molar-refractivity contribution >= 4 is 34.2 Å². The van der Waals surface area contributed by atoms with Gasteiger partial charge in [0.1, 0.15) is 24.4 Å². The predicted molar refractivity (Wildman–Crippen MR) is 139 cm³/mol. The first-order valence-electron chi connectivity index (χ1n) is 11.4.